The molecular weight excluding hydrogens is 360 g/mol. The summed E-state index contributed by atoms with van der Waals surface area (Å²) >= 11 is 0. The molecule has 30 heavy (non-hydrogen) atoms. The second-order valence-electron chi connectivity index (χ2n) is 9.08. The summed E-state index contributed by atoms with van der Waals surface area (Å²) in [6.07, 6.45) is 2.35. The van der Waals surface area contributed by atoms with E-state index in [-0.39, 0.29) is 0 Å². The number of rotatable bonds is 4. The molecule has 0 nitrogen and oxygen atoms in total. The van der Waals surface area contributed by atoms with Gasteiger partial charge in [-0.2, -0.15) is 0 Å². The van der Waals surface area contributed by atoms with Crippen LogP contribution >= 0.6 is 0 Å². The molecule has 0 aliphatic heterocycles. The Bertz CT molecular complexity index is 1290. The molecule has 5 rings (SSSR count). The maximum absolute atomic E-state index is 2.38. The fourth-order valence-corrected chi connectivity index (χ4v) is 4.62. The molecule has 2 unspecified atom stereocenters. The van der Waals surface area contributed by atoms with Crippen LogP contribution in [-0.2, 0) is 0 Å². The molecule has 0 heterocycles. The highest BCUT2D eigenvalue weighted by Crippen LogP contribution is 2.32. The monoisotopic (exact) mass is 390 g/mol. The first-order valence-electron chi connectivity index (χ1n) is 11.4. The topological polar surface area (TPSA) is 0 Å². The predicted molar refractivity (Wildman–Crippen MR) is 134 cm³/mol. The lowest BCUT2D eigenvalue weighted by atomic mass is 9.92. The molecule has 0 aliphatic rings. The van der Waals surface area contributed by atoms with Crippen molar-refractivity contribution in [1.82, 2.24) is 0 Å². The van der Waals surface area contributed by atoms with Gasteiger partial charge in [0.2, 0.25) is 0 Å². The lowest BCUT2D eigenvalue weighted by molar-refractivity contribution is 0.735. The minimum atomic E-state index is 0.604. The normalized spacial score (nSPS) is 14.0. The lowest BCUT2D eigenvalue weighted by Crippen LogP contribution is -1.91. The van der Waals surface area contributed by atoms with Gasteiger partial charge in [-0.15, -0.1) is 0 Å². The summed E-state index contributed by atoms with van der Waals surface area (Å²) in [5.41, 5.74) is 2.88. The number of hydrogen-bond acceptors (Lipinski definition) is 0. The van der Waals surface area contributed by atoms with Crippen molar-refractivity contribution < 1.29 is 0 Å². The van der Waals surface area contributed by atoms with E-state index in [1.807, 2.05) is 0 Å². The van der Waals surface area contributed by atoms with Crippen molar-refractivity contribution in [3.8, 4) is 0 Å². The standard InChI is InChI=1S/C30H30/c1-5-19(3)21-7-9-23-13-27-17-28-14-24-10-8-22(20(4)6-2)12-26(24)16-30(28)18-29(27)15-25(23)11-21/h7-20H,5-6H2,1-4H3. The molecule has 0 aliphatic carbocycles. The number of benzene rings is 5. The first-order chi connectivity index (χ1) is 14.6. The van der Waals surface area contributed by atoms with Crippen molar-refractivity contribution in [1.29, 1.82) is 0 Å². The largest absolute Gasteiger partial charge is 0.0648 e. The maximum atomic E-state index is 2.38. The van der Waals surface area contributed by atoms with E-state index < -0.39 is 0 Å². The molecule has 0 radical (unpaired) electrons. The molecule has 150 valence electrons. The van der Waals surface area contributed by atoms with E-state index in [1.165, 1.54) is 67.1 Å². The van der Waals surface area contributed by atoms with E-state index in [0.717, 1.165) is 0 Å². The van der Waals surface area contributed by atoms with Gasteiger partial charge in [-0.1, -0.05) is 64.1 Å². The van der Waals surface area contributed by atoms with Crippen LogP contribution in [0, 0.1) is 0 Å². The lowest BCUT2D eigenvalue weighted by Gasteiger charge is -2.12. The molecule has 0 saturated heterocycles. The van der Waals surface area contributed by atoms with Gasteiger partial charge in [-0.3, -0.25) is 0 Å². The Morgan fingerprint density at radius 3 is 1.07 bits per heavy atom. The van der Waals surface area contributed by atoms with Gasteiger partial charge in [-0.05, 0) is 115 Å². The first kappa shape index (κ1) is 19.1. The molecule has 2 atom stereocenters. The molecule has 0 amide bonds. The number of fused-ring (bicyclic) bond motifs is 4. The highest BCUT2D eigenvalue weighted by molar-refractivity contribution is 6.08. The van der Waals surface area contributed by atoms with Crippen LogP contribution in [0.5, 0.6) is 0 Å². The zero-order valence-corrected chi connectivity index (χ0v) is 18.5. The average molecular weight is 391 g/mol. The van der Waals surface area contributed by atoms with Crippen molar-refractivity contribution in [2.75, 3.05) is 0 Å². The fourth-order valence-electron chi connectivity index (χ4n) is 4.62. The van der Waals surface area contributed by atoms with E-state index in [9.17, 15) is 0 Å². The summed E-state index contributed by atoms with van der Waals surface area (Å²) in [7, 11) is 0. The zero-order chi connectivity index (χ0) is 20.8. The quantitative estimate of drug-likeness (QED) is 0.268. The van der Waals surface area contributed by atoms with Crippen LogP contribution in [0.25, 0.3) is 43.1 Å². The summed E-state index contributed by atoms with van der Waals surface area (Å²) in [5.74, 6) is 1.21. The van der Waals surface area contributed by atoms with E-state index >= 15 is 0 Å². The van der Waals surface area contributed by atoms with Gasteiger partial charge < -0.3 is 0 Å². The summed E-state index contributed by atoms with van der Waals surface area (Å²) in [6, 6.07) is 28.1. The molecule has 5 aromatic carbocycles. The molecule has 0 saturated carbocycles. The zero-order valence-electron chi connectivity index (χ0n) is 18.5. The van der Waals surface area contributed by atoms with Crippen LogP contribution in [0.2, 0.25) is 0 Å². The maximum Gasteiger partial charge on any atom is -0.0171 e. The van der Waals surface area contributed by atoms with Crippen LogP contribution in [0.1, 0.15) is 63.5 Å². The summed E-state index contributed by atoms with van der Waals surface area (Å²) in [6.45, 7) is 9.15. The smallest absolute Gasteiger partial charge is 0.0171 e. The second-order valence-corrected chi connectivity index (χ2v) is 9.08. The molecule has 0 spiro atoms. The highest BCUT2D eigenvalue weighted by Gasteiger charge is 2.08. The van der Waals surface area contributed by atoms with E-state index in [0.29, 0.717) is 11.8 Å². The number of hydrogen-bond donors (Lipinski definition) is 0. The molecule has 0 fully saturated rings. The molecule has 5 aromatic rings. The van der Waals surface area contributed by atoms with Gasteiger partial charge >= 0.3 is 0 Å². The minimum Gasteiger partial charge on any atom is -0.0648 e. The van der Waals surface area contributed by atoms with Crippen LogP contribution in [0.15, 0.2) is 72.8 Å². The summed E-state index contributed by atoms with van der Waals surface area (Å²) < 4.78 is 0. The van der Waals surface area contributed by atoms with Crippen molar-refractivity contribution in [3.05, 3.63) is 83.9 Å². The molecular formula is C30H30. The Labute approximate surface area is 179 Å². The van der Waals surface area contributed by atoms with Crippen molar-refractivity contribution >= 4 is 43.1 Å². The average Bonchev–Trinajstić information content (AvgIpc) is 2.78. The van der Waals surface area contributed by atoms with Crippen LogP contribution in [-0.4, -0.2) is 0 Å². The third-order valence-corrected chi connectivity index (χ3v) is 7.12. The highest BCUT2D eigenvalue weighted by atomic mass is 14.1. The van der Waals surface area contributed by atoms with E-state index in [1.54, 1.807) is 0 Å². The van der Waals surface area contributed by atoms with Gasteiger partial charge in [0, 0.05) is 0 Å². The third kappa shape index (κ3) is 3.25. The third-order valence-electron chi connectivity index (χ3n) is 7.12. The van der Waals surface area contributed by atoms with Gasteiger partial charge in [-0.25, -0.2) is 0 Å². The minimum absolute atomic E-state index is 0.604. The Hall–Kier alpha value is -2.86. The Kier molecular flexibility index (Phi) is 4.74. The first-order valence-corrected chi connectivity index (χ1v) is 11.4. The van der Waals surface area contributed by atoms with E-state index in [2.05, 4.69) is 100 Å². The van der Waals surface area contributed by atoms with Gasteiger partial charge in [0.15, 0.2) is 0 Å². The van der Waals surface area contributed by atoms with Crippen molar-refractivity contribution in [3.63, 3.8) is 0 Å². The van der Waals surface area contributed by atoms with Gasteiger partial charge in [0.05, 0.1) is 0 Å². The molecule has 0 heteroatoms. The second kappa shape index (κ2) is 7.43. The Morgan fingerprint density at radius 1 is 0.433 bits per heavy atom. The summed E-state index contributed by atoms with van der Waals surface area (Å²) in [4.78, 5) is 0. The van der Waals surface area contributed by atoms with Crippen LogP contribution in [0.3, 0.4) is 0 Å². The molecule has 0 N–H and O–H groups in total. The van der Waals surface area contributed by atoms with E-state index in [4.69, 9.17) is 0 Å². The van der Waals surface area contributed by atoms with Crippen molar-refractivity contribution in [2.24, 2.45) is 0 Å². The predicted octanol–water partition coefficient (Wildman–Crippen LogP) is 9.33. The fraction of sp³-hybridized carbons (Fsp3) is 0.267. The van der Waals surface area contributed by atoms with Crippen molar-refractivity contribution in [2.45, 2.75) is 52.4 Å². The summed E-state index contributed by atoms with van der Waals surface area (Å²) in [5, 5.41) is 10.6. The van der Waals surface area contributed by atoms with Gasteiger partial charge in [0.1, 0.15) is 0 Å². The van der Waals surface area contributed by atoms with Gasteiger partial charge in [0.25, 0.3) is 0 Å². The van der Waals surface area contributed by atoms with Crippen LogP contribution < -0.4 is 0 Å². The molecule has 0 bridgehead atoms. The Balaban J connectivity index is 1.70. The molecule has 0 aromatic heterocycles. The Morgan fingerprint density at radius 2 is 0.733 bits per heavy atom. The van der Waals surface area contributed by atoms with Crippen LogP contribution in [0.4, 0.5) is 0 Å². The SMILES string of the molecule is CCC(C)c1ccc2cc3cc4cc5ccc(C(C)CC)cc5cc4cc3cc2c1.